The standard InChI is InChI=1S/C22H24O4/c1-5-22(3,4)20(16(2)23)21(24)25-15-17-10-9-13-19(14-17)26-18-11-7-6-8-12-18/h5-14,20H,1,15H2,2-4H3. The Hall–Kier alpha value is -2.88. The Labute approximate surface area is 154 Å². The lowest BCUT2D eigenvalue weighted by Gasteiger charge is -2.27. The molecular formula is C22H24O4. The molecule has 2 aromatic rings. The highest BCUT2D eigenvalue weighted by atomic mass is 16.5. The smallest absolute Gasteiger partial charge is 0.317 e. The van der Waals surface area contributed by atoms with Crippen LogP contribution in [0.4, 0.5) is 0 Å². The fourth-order valence-electron chi connectivity index (χ4n) is 2.67. The minimum absolute atomic E-state index is 0.0713. The van der Waals surface area contributed by atoms with E-state index in [1.54, 1.807) is 19.9 Å². The first-order valence-electron chi connectivity index (χ1n) is 8.46. The maximum atomic E-state index is 12.4. The molecule has 1 unspecified atom stereocenters. The predicted octanol–water partition coefficient (Wildman–Crippen LogP) is 4.94. The second kappa shape index (κ2) is 8.48. The second-order valence-electron chi connectivity index (χ2n) is 6.74. The Kier molecular flexibility index (Phi) is 6.34. The Morgan fingerprint density at radius 3 is 2.35 bits per heavy atom. The van der Waals surface area contributed by atoms with E-state index in [0.717, 1.165) is 11.3 Å². The van der Waals surface area contributed by atoms with Gasteiger partial charge in [0.05, 0.1) is 0 Å². The molecule has 4 heteroatoms. The van der Waals surface area contributed by atoms with Crippen LogP contribution in [0.15, 0.2) is 67.3 Å². The van der Waals surface area contributed by atoms with Crippen LogP contribution < -0.4 is 4.74 Å². The lowest BCUT2D eigenvalue weighted by atomic mass is 9.77. The molecule has 0 aromatic heterocycles. The average molecular weight is 352 g/mol. The number of ether oxygens (including phenoxy) is 2. The molecule has 0 spiro atoms. The number of para-hydroxylation sites is 1. The molecule has 0 heterocycles. The zero-order valence-corrected chi connectivity index (χ0v) is 15.4. The second-order valence-corrected chi connectivity index (χ2v) is 6.74. The zero-order valence-electron chi connectivity index (χ0n) is 15.4. The molecule has 0 saturated heterocycles. The highest BCUT2D eigenvalue weighted by Gasteiger charge is 2.37. The average Bonchev–Trinajstić information content (AvgIpc) is 2.61. The first kappa shape index (κ1) is 19.4. The Morgan fingerprint density at radius 1 is 1.08 bits per heavy atom. The van der Waals surface area contributed by atoms with Gasteiger partial charge in [0.25, 0.3) is 0 Å². The van der Waals surface area contributed by atoms with Crippen molar-refractivity contribution >= 4 is 11.8 Å². The minimum Gasteiger partial charge on any atom is -0.460 e. The number of benzene rings is 2. The van der Waals surface area contributed by atoms with Crippen molar-refractivity contribution in [1.29, 1.82) is 0 Å². The van der Waals surface area contributed by atoms with Crippen LogP contribution in [-0.4, -0.2) is 11.8 Å². The number of carbonyl (C=O) groups excluding carboxylic acids is 2. The van der Waals surface area contributed by atoms with Gasteiger partial charge < -0.3 is 9.47 Å². The normalized spacial score (nSPS) is 12.1. The Bertz CT molecular complexity index is 778. The molecule has 0 N–H and O–H groups in total. The van der Waals surface area contributed by atoms with Gasteiger partial charge in [-0.2, -0.15) is 0 Å². The number of carbonyl (C=O) groups is 2. The summed E-state index contributed by atoms with van der Waals surface area (Å²) >= 11 is 0. The van der Waals surface area contributed by atoms with Gasteiger partial charge in [-0.15, -0.1) is 6.58 Å². The van der Waals surface area contributed by atoms with Crippen LogP contribution in [0, 0.1) is 11.3 Å². The highest BCUT2D eigenvalue weighted by molar-refractivity contribution is 5.98. The van der Waals surface area contributed by atoms with Crippen molar-refractivity contribution in [3.8, 4) is 11.5 Å². The number of hydrogen-bond acceptors (Lipinski definition) is 4. The molecule has 136 valence electrons. The molecule has 0 aliphatic carbocycles. The number of hydrogen-bond donors (Lipinski definition) is 0. The van der Waals surface area contributed by atoms with Crippen LogP contribution in [0.5, 0.6) is 11.5 Å². The molecule has 26 heavy (non-hydrogen) atoms. The first-order chi connectivity index (χ1) is 12.3. The fraction of sp³-hybridized carbons (Fsp3) is 0.273. The summed E-state index contributed by atoms with van der Waals surface area (Å²) in [7, 11) is 0. The molecule has 4 nitrogen and oxygen atoms in total. The lowest BCUT2D eigenvalue weighted by molar-refractivity contribution is -0.156. The van der Waals surface area contributed by atoms with Crippen LogP contribution >= 0.6 is 0 Å². The summed E-state index contributed by atoms with van der Waals surface area (Å²) in [6.45, 7) is 8.76. The third-order valence-corrected chi connectivity index (χ3v) is 4.17. The molecule has 0 fully saturated rings. The van der Waals surface area contributed by atoms with Gasteiger partial charge in [0, 0.05) is 5.41 Å². The van der Waals surface area contributed by atoms with Crippen LogP contribution in [-0.2, 0) is 20.9 Å². The monoisotopic (exact) mass is 352 g/mol. The number of allylic oxidation sites excluding steroid dienone is 1. The molecule has 1 atom stereocenters. The van der Waals surface area contributed by atoms with Crippen molar-refractivity contribution in [2.45, 2.75) is 27.4 Å². The van der Waals surface area contributed by atoms with Crippen LogP contribution in [0.25, 0.3) is 0 Å². The fourth-order valence-corrected chi connectivity index (χ4v) is 2.67. The van der Waals surface area contributed by atoms with E-state index in [0.29, 0.717) is 5.75 Å². The van der Waals surface area contributed by atoms with E-state index in [-0.39, 0.29) is 12.4 Å². The summed E-state index contributed by atoms with van der Waals surface area (Å²) in [5.41, 5.74) is 0.117. The lowest BCUT2D eigenvalue weighted by Crippen LogP contribution is -2.36. The van der Waals surface area contributed by atoms with E-state index in [1.807, 2.05) is 54.6 Å². The third kappa shape index (κ3) is 5.06. The van der Waals surface area contributed by atoms with Crippen molar-refractivity contribution in [3.05, 3.63) is 72.8 Å². The Morgan fingerprint density at radius 2 is 1.73 bits per heavy atom. The predicted molar refractivity (Wildman–Crippen MR) is 101 cm³/mol. The van der Waals surface area contributed by atoms with Crippen molar-refractivity contribution in [2.24, 2.45) is 11.3 Å². The van der Waals surface area contributed by atoms with Gasteiger partial charge in [0.2, 0.25) is 0 Å². The number of Topliss-reactive ketones (excluding diaryl/α,β-unsaturated/α-hetero) is 1. The summed E-state index contributed by atoms with van der Waals surface area (Å²) < 4.78 is 11.2. The quantitative estimate of drug-likeness (QED) is 0.384. The van der Waals surface area contributed by atoms with Crippen molar-refractivity contribution in [3.63, 3.8) is 0 Å². The van der Waals surface area contributed by atoms with Crippen molar-refractivity contribution in [1.82, 2.24) is 0 Å². The highest BCUT2D eigenvalue weighted by Crippen LogP contribution is 2.30. The molecule has 0 aliphatic heterocycles. The molecule has 0 saturated carbocycles. The molecule has 0 amide bonds. The third-order valence-electron chi connectivity index (χ3n) is 4.17. The zero-order chi connectivity index (χ0) is 19.2. The molecular weight excluding hydrogens is 328 g/mol. The minimum atomic E-state index is -0.872. The summed E-state index contributed by atoms with van der Waals surface area (Å²) in [4.78, 5) is 24.3. The first-order valence-corrected chi connectivity index (χ1v) is 8.46. The molecule has 2 rings (SSSR count). The topological polar surface area (TPSA) is 52.6 Å². The van der Waals surface area contributed by atoms with Gasteiger partial charge in [-0.05, 0) is 36.8 Å². The van der Waals surface area contributed by atoms with E-state index in [9.17, 15) is 9.59 Å². The number of esters is 1. The van der Waals surface area contributed by atoms with Gasteiger partial charge in [-0.25, -0.2) is 0 Å². The maximum absolute atomic E-state index is 12.4. The summed E-state index contributed by atoms with van der Waals surface area (Å²) in [5.74, 6) is -0.271. The van der Waals surface area contributed by atoms with Gasteiger partial charge in [-0.1, -0.05) is 50.3 Å². The van der Waals surface area contributed by atoms with Crippen molar-refractivity contribution in [2.75, 3.05) is 0 Å². The van der Waals surface area contributed by atoms with Crippen LogP contribution in [0.3, 0.4) is 0 Å². The van der Waals surface area contributed by atoms with Crippen molar-refractivity contribution < 1.29 is 19.1 Å². The molecule has 0 radical (unpaired) electrons. The molecule has 2 aromatic carbocycles. The van der Waals surface area contributed by atoms with Gasteiger partial charge in [0.15, 0.2) is 0 Å². The van der Waals surface area contributed by atoms with E-state index in [2.05, 4.69) is 6.58 Å². The summed E-state index contributed by atoms with van der Waals surface area (Å²) in [5, 5.41) is 0. The summed E-state index contributed by atoms with van der Waals surface area (Å²) in [6.07, 6.45) is 1.61. The Balaban J connectivity index is 2.05. The maximum Gasteiger partial charge on any atom is 0.317 e. The number of ketones is 1. The number of rotatable bonds is 8. The summed E-state index contributed by atoms with van der Waals surface area (Å²) in [6, 6.07) is 16.7. The van der Waals surface area contributed by atoms with Gasteiger partial charge in [-0.3, -0.25) is 9.59 Å². The molecule has 0 bridgehead atoms. The van der Waals surface area contributed by atoms with Crippen LogP contribution in [0.1, 0.15) is 26.3 Å². The van der Waals surface area contributed by atoms with Crippen LogP contribution in [0.2, 0.25) is 0 Å². The molecule has 0 aliphatic rings. The largest absolute Gasteiger partial charge is 0.460 e. The SMILES string of the molecule is C=CC(C)(C)C(C(C)=O)C(=O)OCc1cccc(Oc2ccccc2)c1. The van der Waals surface area contributed by atoms with E-state index in [4.69, 9.17) is 9.47 Å². The van der Waals surface area contributed by atoms with E-state index >= 15 is 0 Å². The van der Waals surface area contributed by atoms with Gasteiger partial charge >= 0.3 is 5.97 Å². The van der Waals surface area contributed by atoms with E-state index < -0.39 is 17.3 Å². The van der Waals surface area contributed by atoms with E-state index in [1.165, 1.54) is 6.92 Å². The van der Waals surface area contributed by atoms with Gasteiger partial charge in [0.1, 0.15) is 29.8 Å².